The SMILES string of the molecule is O=C1CN(c2cc3cnc(C(=O)NC4CN5CCC4CC5)cc3s2)CCN1. The number of nitrogens with one attached hydrogen (secondary N) is 2. The largest absolute Gasteiger partial charge is 0.353 e. The summed E-state index contributed by atoms with van der Waals surface area (Å²) in [5.74, 6) is 0.568. The van der Waals surface area contributed by atoms with Crippen LogP contribution < -0.4 is 15.5 Å². The molecular weight excluding hydrogens is 362 g/mol. The number of carbonyl (C=O) groups excluding carboxylic acids is 2. The highest BCUT2D eigenvalue weighted by molar-refractivity contribution is 7.22. The minimum atomic E-state index is -0.0806. The lowest BCUT2D eigenvalue weighted by Crippen LogP contribution is -2.57. The van der Waals surface area contributed by atoms with E-state index in [1.54, 1.807) is 17.5 Å². The fourth-order valence-corrected chi connectivity index (χ4v) is 5.49. The molecule has 2 bridgehead atoms. The predicted molar refractivity (Wildman–Crippen MR) is 105 cm³/mol. The first-order valence-electron chi connectivity index (χ1n) is 9.60. The molecule has 0 spiro atoms. The van der Waals surface area contributed by atoms with Gasteiger partial charge in [0.05, 0.1) is 11.5 Å². The molecule has 6 rings (SSSR count). The second-order valence-electron chi connectivity index (χ2n) is 7.68. The Morgan fingerprint density at radius 3 is 2.85 bits per heavy atom. The van der Waals surface area contributed by atoms with Gasteiger partial charge in [0.1, 0.15) is 5.69 Å². The molecule has 0 radical (unpaired) electrons. The number of pyridine rings is 1. The molecule has 2 N–H and O–H groups in total. The van der Waals surface area contributed by atoms with Crippen LogP contribution in [0.4, 0.5) is 5.00 Å². The van der Waals surface area contributed by atoms with E-state index in [-0.39, 0.29) is 17.9 Å². The number of piperazine rings is 1. The zero-order valence-corrected chi connectivity index (χ0v) is 15.9. The number of carbonyl (C=O) groups is 2. The summed E-state index contributed by atoms with van der Waals surface area (Å²) in [5, 5.41) is 8.12. The maximum absolute atomic E-state index is 12.7. The average molecular weight is 385 g/mol. The molecule has 1 atom stereocenters. The Labute approximate surface area is 161 Å². The van der Waals surface area contributed by atoms with Crippen molar-refractivity contribution in [1.82, 2.24) is 20.5 Å². The number of aromatic nitrogens is 1. The highest BCUT2D eigenvalue weighted by Gasteiger charge is 2.35. The fraction of sp³-hybridized carbons (Fsp3) is 0.526. The first-order chi connectivity index (χ1) is 13.2. The molecule has 4 fully saturated rings. The van der Waals surface area contributed by atoms with Gasteiger partial charge in [-0.05, 0) is 44.0 Å². The third-order valence-electron chi connectivity index (χ3n) is 5.94. The van der Waals surface area contributed by atoms with Gasteiger partial charge in [0, 0.05) is 42.0 Å². The van der Waals surface area contributed by atoms with Gasteiger partial charge in [0.25, 0.3) is 5.91 Å². The summed E-state index contributed by atoms with van der Waals surface area (Å²) in [6.07, 6.45) is 4.12. The molecule has 6 heterocycles. The van der Waals surface area contributed by atoms with Crippen LogP contribution in [-0.4, -0.2) is 67.0 Å². The van der Waals surface area contributed by atoms with Crippen LogP contribution in [0.25, 0.3) is 10.1 Å². The van der Waals surface area contributed by atoms with Crippen molar-refractivity contribution in [3.63, 3.8) is 0 Å². The van der Waals surface area contributed by atoms with E-state index in [0.717, 1.165) is 41.3 Å². The van der Waals surface area contributed by atoms with Crippen molar-refractivity contribution in [2.45, 2.75) is 18.9 Å². The van der Waals surface area contributed by atoms with Gasteiger partial charge in [-0.3, -0.25) is 14.6 Å². The van der Waals surface area contributed by atoms with E-state index in [1.165, 1.54) is 12.8 Å². The third kappa shape index (κ3) is 3.27. The topological polar surface area (TPSA) is 77.6 Å². The standard InChI is InChI=1S/C19H23N5O2S/c25-17-11-24(6-3-20-17)18-7-13-9-21-14(8-16(13)27-18)19(26)22-15-10-23-4-1-12(15)2-5-23/h7-9,12,15H,1-6,10-11H2,(H,20,25)(H,22,26). The molecule has 2 amide bonds. The third-order valence-corrected chi connectivity index (χ3v) is 7.10. The molecule has 27 heavy (non-hydrogen) atoms. The van der Waals surface area contributed by atoms with Gasteiger partial charge >= 0.3 is 0 Å². The molecule has 142 valence electrons. The number of piperidine rings is 3. The van der Waals surface area contributed by atoms with Crippen molar-refractivity contribution in [3.05, 3.63) is 24.0 Å². The molecule has 8 heteroatoms. The van der Waals surface area contributed by atoms with E-state index in [0.29, 0.717) is 24.7 Å². The van der Waals surface area contributed by atoms with E-state index < -0.39 is 0 Å². The Hall–Kier alpha value is -2.19. The second-order valence-corrected chi connectivity index (χ2v) is 8.74. The molecular formula is C19H23N5O2S. The Morgan fingerprint density at radius 2 is 2.11 bits per heavy atom. The monoisotopic (exact) mass is 385 g/mol. The van der Waals surface area contributed by atoms with Gasteiger partial charge in [-0.1, -0.05) is 0 Å². The number of nitrogens with zero attached hydrogens (tertiary/aromatic N) is 3. The van der Waals surface area contributed by atoms with Crippen LogP contribution in [0.1, 0.15) is 23.3 Å². The normalized spacial score (nSPS) is 27.6. The van der Waals surface area contributed by atoms with Crippen LogP contribution in [0.2, 0.25) is 0 Å². The highest BCUT2D eigenvalue weighted by atomic mass is 32.1. The number of rotatable bonds is 3. The smallest absolute Gasteiger partial charge is 0.270 e. The van der Waals surface area contributed by atoms with Crippen molar-refractivity contribution in [3.8, 4) is 0 Å². The van der Waals surface area contributed by atoms with E-state index in [1.807, 2.05) is 6.07 Å². The number of hydrogen-bond acceptors (Lipinski definition) is 6. The number of fused-ring (bicyclic) bond motifs is 4. The molecule has 4 saturated heterocycles. The summed E-state index contributed by atoms with van der Waals surface area (Å²) in [5.41, 5.74) is 0.476. The molecule has 4 aliphatic heterocycles. The van der Waals surface area contributed by atoms with Crippen LogP contribution in [0.3, 0.4) is 0 Å². The zero-order chi connectivity index (χ0) is 18.4. The number of anilines is 1. The minimum absolute atomic E-state index is 0.0504. The van der Waals surface area contributed by atoms with E-state index in [9.17, 15) is 9.59 Å². The van der Waals surface area contributed by atoms with Crippen LogP contribution in [-0.2, 0) is 4.79 Å². The number of hydrogen-bond donors (Lipinski definition) is 2. The summed E-state index contributed by atoms with van der Waals surface area (Å²) in [4.78, 5) is 33.3. The van der Waals surface area contributed by atoms with Gasteiger partial charge in [0.15, 0.2) is 0 Å². The van der Waals surface area contributed by atoms with Crippen LogP contribution >= 0.6 is 11.3 Å². The van der Waals surface area contributed by atoms with E-state index in [2.05, 4.69) is 31.5 Å². The van der Waals surface area contributed by atoms with Crippen LogP contribution in [0.15, 0.2) is 18.3 Å². The summed E-state index contributed by atoms with van der Waals surface area (Å²) < 4.78 is 1.03. The zero-order valence-electron chi connectivity index (χ0n) is 15.1. The van der Waals surface area contributed by atoms with Gasteiger partial charge in [0.2, 0.25) is 5.91 Å². The predicted octanol–water partition coefficient (Wildman–Crippen LogP) is 1.06. The quantitative estimate of drug-likeness (QED) is 0.826. The van der Waals surface area contributed by atoms with E-state index >= 15 is 0 Å². The van der Waals surface area contributed by atoms with Crippen molar-refractivity contribution < 1.29 is 9.59 Å². The number of thiophene rings is 1. The molecule has 0 aliphatic carbocycles. The first kappa shape index (κ1) is 16.9. The molecule has 4 aliphatic rings. The van der Waals surface area contributed by atoms with E-state index in [4.69, 9.17) is 0 Å². The summed E-state index contributed by atoms with van der Waals surface area (Å²) in [6.45, 7) is 5.13. The molecule has 1 unspecified atom stereocenters. The lowest BCUT2D eigenvalue weighted by molar-refractivity contribution is -0.120. The van der Waals surface area contributed by atoms with Crippen molar-refractivity contribution in [1.29, 1.82) is 0 Å². The second kappa shape index (κ2) is 6.76. The van der Waals surface area contributed by atoms with Gasteiger partial charge in [-0.2, -0.15) is 0 Å². The molecule has 0 saturated carbocycles. The Morgan fingerprint density at radius 1 is 1.26 bits per heavy atom. The Bertz CT molecular complexity index is 889. The number of amides is 2. The van der Waals surface area contributed by atoms with Gasteiger partial charge < -0.3 is 20.4 Å². The maximum atomic E-state index is 12.7. The molecule has 7 nitrogen and oxygen atoms in total. The van der Waals surface area contributed by atoms with Crippen molar-refractivity contribution in [2.75, 3.05) is 44.2 Å². The van der Waals surface area contributed by atoms with Crippen molar-refractivity contribution in [2.24, 2.45) is 5.92 Å². The average Bonchev–Trinajstić information content (AvgIpc) is 3.12. The van der Waals surface area contributed by atoms with Gasteiger partial charge in [-0.15, -0.1) is 11.3 Å². The highest BCUT2D eigenvalue weighted by Crippen LogP contribution is 2.33. The molecule has 0 aromatic carbocycles. The summed E-state index contributed by atoms with van der Waals surface area (Å²) in [7, 11) is 0. The first-order valence-corrected chi connectivity index (χ1v) is 10.4. The lowest BCUT2D eigenvalue weighted by Gasteiger charge is -2.44. The van der Waals surface area contributed by atoms with Crippen LogP contribution in [0, 0.1) is 5.92 Å². The molecule has 2 aromatic rings. The summed E-state index contributed by atoms with van der Waals surface area (Å²) in [6, 6.07) is 4.17. The lowest BCUT2D eigenvalue weighted by atomic mass is 9.84. The minimum Gasteiger partial charge on any atom is -0.353 e. The Kier molecular flexibility index (Phi) is 4.24. The van der Waals surface area contributed by atoms with Gasteiger partial charge in [-0.25, -0.2) is 0 Å². The Balaban J connectivity index is 1.33. The van der Waals surface area contributed by atoms with Crippen molar-refractivity contribution >= 4 is 38.2 Å². The maximum Gasteiger partial charge on any atom is 0.270 e. The van der Waals surface area contributed by atoms with Crippen LogP contribution in [0.5, 0.6) is 0 Å². The summed E-state index contributed by atoms with van der Waals surface area (Å²) >= 11 is 1.61. The fourth-order valence-electron chi connectivity index (χ4n) is 4.40. The molecule has 2 aromatic heterocycles.